The van der Waals surface area contributed by atoms with Gasteiger partial charge < -0.3 is 18.9 Å². The average molecular weight is 466 g/mol. The molecule has 2 fully saturated rings. The first-order valence-corrected chi connectivity index (χ1v) is 12.2. The highest BCUT2D eigenvalue weighted by molar-refractivity contribution is 5.95. The molecule has 0 amide bonds. The number of methoxy groups -OCH3 is 1. The smallest absolute Gasteiger partial charge is 0.340 e. The third kappa shape index (κ3) is 4.59. The molecule has 2 saturated heterocycles. The minimum atomic E-state index is -0.557. The van der Waals surface area contributed by atoms with Gasteiger partial charge in [-0.3, -0.25) is 4.98 Å². The van der Waals surface area contributed by atoms with Gasteiger partial charge in [-0.1, -0.05) is 0 Å². The molecule has 0 bridgehead atoms. The highest BCUT2D eigenvalue weighted by atomic mass is 19.1. The van der Waals surface area contributed by atoms with Crippen LogP contribution in [0.4, 0.5) is 4.39 Å². The molecule has 6 nitrogen and oxygen atoms in total. The van der Waals surface area contributed by atoms with Crippen LogP contribution >= 0.6 is 0 Å². The molecule has 2 aromatic heterocycles. The van der Waals surface area contributed by atoms with Crippen LogP contribution in [0.25, 0.3) is 16.6 Å². The van der Waals surface area contributed by atoms with Gasteiger partial charge in [-0.2, -0.15) is 0 Å². The molecule has 2 aliphatic rings. The van der Waals surface area contributed by atoms with E-state index in [0.29, 0.717) is 11.6 Å². The van der Waals surface area contributed by atoms with E-state index >= 15 is 0 Å². The van der Waals surface area contributed by atoms with Crippen LogP contribution in [0.15, 0.2) is 36.8 Å². The van der Waals surface area contributed by atoms with E-state index in [1.807, 2.05) is 17.0 Å². The van der Waals surface area contributed by atoms with Gasteiger partial charge in [0, 0.05) is 44.1 Å². The fourth-order valence-corrected chi connectivity index (χ4v) is 5.64. The van der Waals surface area contributed by atoms with Crippen LogP contribution in [0.2, 0.25) is 0 Å². The third-order valence-electron chi connectivity index (χ3n) is 7.34. The van der Waals surface area contributed by atoms with Crippen molar-refractivity contribution in [3.05, 3.63) is 59.3 Å². The number of hydrogen-bond acceptors (Lipinski definition) is 5. The first kappa shape index (κ1) is 23.0. The maximum absolute atomic E-state index is 14.0. The largest absolute Gasteiger partial charge is 0.465 e. The monoisotopic (exact) mass is 465 g/mol. The van der Waals surface area contributed by atoms with Crippen LogP contribution in [0.5, 0.6) is 0 Å². The lowest BCUT2D eigenvalue weighted by Gasteiger charge is -2.27. The number of carbonyl (C=O) groups is 1. The number of halogens is 1. The lowest BCUT2D eigenvalue weighted by Crippen LogP contribution is -2.31. The Hall–Kier alpha value is -2.77. The number of aromatic nitrogens is 2. The molecule has 1 atom stereocenters. The van der Waals surface area contributed by atoms with E-state index in [1.54, 1.807) is 6.07 Å². The van der Waals surface area contributed by atoms with Gasteiger partial charge in [-0.05, 0) is 80.3 Å². The lowest BCUT2D eigenvalue weighted by atomic mass is 9.97. The SMILES string of the molecule is COC(=O)c1cc(F)ccc1-n1cc(C[C@@H]2CCN(CC3CCOCC3)C2)c2c(C)cncc21. The number of carbonyl (C=O) groups excluding carboxylic acids is 1. The number of benzene rings is 1. The van der Waals surface area contributed by atoms with Gasteiger partial charge in [0.1, 0.15) is 5.82 Å². The fourth-order valence-electron chi connectivity index (χ4n) is 5.64. The van der Waals surface area contributed by atoms with E-state index in [2.05, 4.69) is 23.0 Å². The summed E-state index contributed by atoms with van der Waals surface area (Å²) in [5, 5.41) is 1.16. The van der Waals surface area contributed by atoms with Crippen LogP contribution in [0.1, 0.15) is 40.7 Å². The number of ether oxygens (including phenoxy) is 2. The lowest BCUT2D eigenvalue weighted by molar-refractivity contribution is 0.0551. The zero-order valence-electron chi connectivity index (χ0n) is 19.9. The molecule has 1 aromatic carbocycles. The predicted octanol–water partition coefficient (Wildman–Crippen LogP) is 4.55. The number of fused-ring (bicyclic) bond motifs is 1. The van der Waals surface area contributed by atoms with Crippen LogP contribution in [-0.2, 0) is 15.9 Å². The molecule has 7 heteroatoms. The molecular formula is C27H32FN3O3. The van der Waals surface area contributed by atoms with Crippen LogP contribution in [0.3, 0.4) is 0 Å². The van der Waals surface area contributed by atoms with E-state index in [9.17, 15) is 9.18 Å². The van der Waals surface area contributed by atoms with Gasteiger partial charge in [0.15, 0.2) is 0 Å². The van der Waals surface area contributed by atoms with Gasteiger partial charge in [-0.25, -0.2) is 9.18 Å². The average Bonchev–Trinajstić information content (AvgIpc) is 3.44. The molecule has 5 rings (SSSR count). The molecule has 0 saturated carbocycles. The third-order valence-corrected chi connectivity index (χ3v) is 7.34. The summed E-state index contributed by atoms with van der Waals surface area (Å²) in [6.45, 7) is 7.28. The fraction of sp³-hybridized carbons (Fsp3) is 0.481. The summed E-state index contributed by atoms with van der Waals surface area (Å²) in [5.41, 5.74) is 4.07. The predicted molar refractivity (Wildman–Crippen MR) is 129 cm³/mol. The van der Waals surface area contributed by atoms with Crippen molar-refractivity contribution in [2.45, 2.75) is 32.6 Å². The van der Waals surface area contributed by atoms with Crippen molar-refractivity contribution >= 4 is 16.9 Å². The summed E-state index contributed by atoms with van der Waals surface area (Å²) < 4.78 is 26.4. The second kappa shape index (κ2) is 9.84. The van der Waals surface area contributed by atoms with Crippen molar-refractivity contribution in [1.29, 1.82) is 0 Å². The van der Waals surface area contributed by atoms with Crippen molar-refractivity contribution in [2.24, 2.45) is 11.8 Å². The molecule has 0 N–H and O–H groups in total. The van der Waals surface area contributed by atoms with Gasteiger partial charge in [0.05, 0.1) is 30.1 Å². The van der Waals surface area contributed by atoms with Crippen molar-refractivity contribution in [1.82, 2.24) is 14.5 Å². The van der Waals surface area contributed by atoms with Crippen molar-refractivity contribution in [3.63, 3.8) is 0 Å². The quantitative estimate of drug-likeness (QED) is 0.500. The summed E-state index contributed by atoms with van der Waals surface area (Å²) in [5.74, 6) is 0.307. The zero-order chi connectivity index (χ0) is 23.7. The number of rotatable bonds is 6. The molecule has 3 aromatic rings. The topological polar surface area (TPSA) is 56.6 Å². The molecule has 0 aliphatic carbocycles. The number of aryl methyl sites for hydroxylation is 1. The van der Waals surface area contributed by atoms with Gasteiger partial charge >= 0.3 is 5.97 Å². The number of hydrogen-bond donors (Lipinski definition) is 0. The maximum Gasteiger partial charge on any atom is 0.340 e. The van der Waals surface area contributed by atoms with Gasteiger partial charge in [0.25, 0.3) is 0 Å². The Morgan fingerprint density at radius 3 is 2.82 bits per heavy atom. The van der Waals surface area contributed by atoms with E-state index in [-0.39, 0.29) is 5.56 Å². The molecule has 34 heavy (non-hydrogen) atoms. The van der Waals surface area contributed by atoms with Gasteiger partial charge in [-0.15, -0.1) is 0 Å². The van der Waals surface area contributed by atoms with Crippen molar-refractivity contribution in [3.8, 4) is 5.69 Å². The molecule has 0 unspecified atom stereocenters. The Morgan fingerprint density at radius 1 is 1.21 bits per heavy atom. The van der Waals surface area contributed by atoms with E-state index in [1.165, 1.54) is 50.6 Å². The number of nitrogens with zero attached hydrogens (tertiary/aromatic N) is 3. The first-order valence-electron chi connectivity index (χ1n) is 12.2. The Labute approximate surface area is 199 Å². The molecule has 0 spiro atoms. The minimum Gasteiger partial charge on any atom is -0.465 e. The van der Waals surface area contributed by atoms with Crippen molar-refractivity contribution < 1.29 is 18.7 Å². The standard InChI is InChI=1S/C27H32FN3O3/c1-18-13-29-14-25-26(18)21(11-20-5-8-30(16-20)15-19-6-9-34-10-7-19)17-31(25)24-4-3-22(28)12-23(24)27(32)33-2/h3-4,12-14,17,19-20H,5-11,15-16H2,1-2H3/t20-/m0/s1. The maximum atomic E-state index is 14.0. The van der Waals surface area contributed by atoms with Crippen molar-refractivity contribution in [2.75, 3.05) is 40.0 Å². The summed E-state index contributed by atoms with van der Waals surface area (Å²) in [6.07, 6.45) is 10.3. The summed E-state index contributed by atoms with van der Waals surface area (Å²) in [4.78, 5) is 19.4. The highest BCUT2D eigenvalue weighted by Crippen LogP contribution is 2.32. The highest BCUT2D eigenvalue weighted by Gasteiger charge is 2.27. The second-order valence-corrected chi connectivity index (χ2v) is 9.70. The zero-order valence-corrected chi connectivity index (χ0v) is 19.9. The molecule has 4 heterocycles. The van der Waals surface area contributed by atoms with E-state index < -0.39 is 11.8 Å². The summed E-state index contributed by atoms with van der Waals surface area (Å²) in [6, 6.07) is 4.25. The van der Waals surface area contributed by atoms with E-state index in [4.69, 9.17) is 9.47 Å². The Kier molecular flexibility index (Phi) is 6.66. The summed E-state index contributed by atoms with van der Waals surface area (Å²) in [7, 11) is 1.31. The first-order chi connectivity index (χ1) is 16.5. The molecule has 180 valence electrons. The van der Waals surface area contributed by atoms with Gasteiger partial charge in [0.2, 0.25) is 0 Å². The molecular weight excluding hydrogens is 433 g/mol. The molecule has 0 radical (unpaired) electrons. The Morgan fingerprint density at radius 2 is 2.03 bits per heavy atom. The van der Waals surface area contributed by atoms with Crippen LogP contribution < -0.4 is 0 Å². The normalized spacial score (nSPS) is 19.7. The number of pyridine rings is 1. The minimum absolute atomic E-state index is 0.205. The van der Waals surface area contributed by atoms with Crippen LogP contribution in [-0.4, -0.2) is 60.4 Å². The Balaban J connectivity index is 1.43. The Bertz CT molecular complexity index is 1190. The number of esters is 1. The molecule has 2 aliphatic heterocycles. The second-order valence-electron chi connectivity index (χ2n) is 9.70. The van der Waals surface area contributed by atoms with Crippen LogP contribution in [0, 0.1) is 24.6 Å². The van der Waals surface area contributed by atoms with E-state index in [0.717, 1.165) is 55.1 Å². The number of likely N-dealkylation sites (tertiary alicyclic amines) is 1. The summed E-state index contributed by atoms with van der Waals surface area (Å²) >= 11 is 0.